The van der Waals surface area contributed by atoms with Crippen molar-refractivity contribution in [2.24, 2.45) is 0 Å². The Hall–Kier alpha value is -2.82. The Balaban J connectivity index is 1.50. The van der Waals surface area contributed by atoms with Crippen LogP contribution in [0.5, 0.6) is 0 Å². The summed E-state index contributed by atoms with van der Waals surface area (Å²) in [4.78, 5) is 17.6. The molecule has 1 aromatic carbocycles. The minimum Gasteiger partial charge on any atom is -0.357 e. The van der Waals surface area contributed by atoms with Crippen LogP contribution in [0.2, 0.25) is 0 Å². The fraction of sp³-hybridized carbons (Fsp3) is 0.300. The summed E-state index contributed by atoms with van der Waals surface area (Å²) in [7, 11) is 0. The number of carbonyl (C=O) groups is 1. The van der Waals surface area contributed by atoms with Gasteiger partial charge in [0.2, 0.25) is 0 Å². The predicted octanol–water partition coefficient (Wildman–Crippen LogP) is 3.35. The minimum atomic E-state index is 0.0822. The standard InChI is InChI=1S/C20H22N4O/c25-20(18-9-4-10-21-18)24-11-5-8-16(14-24)19-17(13-22-23-19)12-15-6-2-1-3-7-15/h1-4,6-7,9-10,13,16,21H,5,8,11-12,14H2,(H,22,23)/t16-/m0/s1. The van der Waals surface area contributed by atoms with Crippen LogP contribution in [0.4, 0.5) is 0 Å². The summed E-state index contributed by atoms with van der Waals surface area (Å²) in [6.07, 6.45) is 6.68. The maximum atomic E-state index is 12.6. The highest BCUT2D eigenvalue weighted by Crippen LogP contribution is 2.29. The van der Waals surface area contributed by atoms with Gasteiger partial charge in [0, 0.05) is 37.3 Å². The van der Waals surface area contributed by atoms with Crippen molar-refractivity contribution in [2.45, 2.75) is 25.2 Å². The molecule has 0 spiro atoms. The van der Waals surface area contributed by atoms with E-state index in [-0.39, 0.29) is 5.91 Å². The number of H-pyrrole nitrogens is 2. The Bertz CT molecular complexity index is 823. The first kappa shape index (κ1) is 15.7. The van der Waals surface area contributed by atoms with Gasteiger partial charge in [0.05, 0.1) is 6.20 Å². The zero-order valence-corrected chi connectivity index (χ0v) is 14.1. The van der Waals surface area contributed by atoms with Crippen molar-refractivity contribution < 1.29 is 4.79 Å². The first-order chi connectivity index (χ1) is 12.3. The molecule has 0 radical (unpaired) electrons. The summed E-state index contributed by atoms with van der Waals surface area (Å²) in [5.74, 6) is 0.396. The molecular weight excluding hydrogens is 312 g/mol. The molecule has 3 aromatic rings. The van der Waals surface area contributed by atoms with E-state index in [0.29, 0.717) is 11.6 Å². The normalized spacial score (nSPS) is 17.6. The molecule has 1 aliphatic heterocycles. The molecule has 0 bridgehead atoms. The first-order valence-electron chi connectivity index (χ1n) is 8.80. The molecule has 0 saturated carbocycles. The van der Waals surface area contributed by atoms with Gasteiger partial charge in [0.25, 0.3) is 5.91 Å². The summed E-state index contributed by atoms with van der Waals surface area (Å²) in [6, 6.07) is 14.1. The van der Waals surface area contributed by atoms with Gasteiger partial charge in [-0.25, -0.2) is 0 Å². The van der Waals surface area contributed by atoms with Crippen LogP contribution < -0.4 is 0 Å². The average Bonchev–Trinajstić information content (AvgIpc) is 3.34. The molecule has 25 heavy (non-hydrogen) atoms. The lowest BCUT2D eigenvalue weighted by molar-refractivity contribution is 0.0700. The monoisotopic (exact) mass is 334 g/mol. The molecule has 4 rings (SSSR count). The van der Waals surface area contributed by atoms with Gasteiger partial charge >= 0.3 is 0 Å². The van der Waals surface area contributed by atoms with Crippen LogP contribution in [0, 0.1) is 0 Å². The number of nitrogens with zero attached hydrogens (tertiary/aromatic N) is 2. The van der Waals surface area contributed by atoms with Crippen LogP contribution in [0.15, 0.2) is 54.9 Å². The van der Waals surface area contributed by atoms with Crippen molar-refractivity contribution >= 4 is 5.91 Å². The van der Waals surface area contributed by atoms with Gasteiger partial charge < -0.3 is 9.88 Å². The maximum Gasteiger partial charge on any atom is 0.270 e. The summed E-state index contributed by atoms with van der Waals surface area (Å²) in [5, 5.41) is 7.47. The Morgan fingerprint density at radius 2 is 2.08 bits per heavy atom. The number of likely N-dealkylation sites (tertiary alicyclic amines) is 1. The van der Waals surface area contributed by atoms with Crippen LogP contribution in [-0.2, 0) is 6.42 Å². The zero-order valence-electron chi connectivity index (χ0n) is 14.1. The predicted molar refractivity (Wildman–Crippen MR) is 96.5 cm³/mol. The smallest absolute Gasteiger partial charge is 0.270 e. The van der Waals surface area contributed by atoms with E-state index < -0.39 is 0 Å². The van der Waals surface area contributed by atoms with Gasteiger partial charge in [0.15, 0.2) is 0 Å². The molecule has 1 saturated heterocycles. The lowest BCUT2D eigenvalue weighted by atomic mass is 9.90. The first-order valence-corrected chi connectivity index (χ1v) is 8.80. The molecule has 1 fully saturated rings. The number of aromatic amines is 2. The number of piperidine rings is 1. The molecular formula is C20H22N4O. The lowest BCUT2D eigenvalue weighted by Gasteiger charge is -2.32. The van der Waals surface area contributed by atoms with Crippen LogP contribution in [0.3, 0.4) is 0 Å². The third-order valence-corrected chi connectivity index (χ3v) is 4.93. The molecule has 1 atom stereocenters. The van der Waals surface area contributed by atoms with Crippen molar-refractivity contribution in [3.05, 3.63) is 77.4 Å². The van der Waals surface area contributed by atoms with E-state index in [1.807, 2.05) is 29.3 Å². The average molecular weight is 334 g/mol. The SMILES string of the molecule is O=C(c1ccc[nH]1)N1CCC[C@H](c2[nH]ncc2Cc2ccccc2)C1. The Labute approximate surface area is 147 Å². The highest BCUT2D eigenvalue weighted by Gasteiger charge is 2.28. The second kappa shape index (κ2) is 6.97. The fourth-order valence-corrected chi connectivity index (χ4v) is 3.66. The molecule has 0 unspecified atom stereocenters. The molecule has 0 aliphatic carbocycles. The highest BCUT2D eigenvalue weighted by molar-refractivity contribution is 5.92. The zero-order chi connectivity index (χ0) is 17.1. The van der Waals surface area contributed by atoms with Crippen molar-refractivity contribution in [1.82, 2.24) is 20.1 Å². The van der Waals surface area contributed by atoms with Gasteiger partial charge in [-0.15, -0.1) is 0 Å². The van der Waals surface area contributed by atoms with E-state index >= 15 is 0 Å². The topological polar surface area (TPSA) is 64.8 Å². The quantitative estimate of drug-likeness (QED) is 0.768. The second-order valence-corrected chi connectivity index (χ2v) is 6.65. The summed E-state index contributed by atoms with van der Waals surface area (Å²) < 4.78 is 0. The largest absolute Gasteiger partial charge is 0.357 e. The number of nitrogens with one attached hydrogen (secondary N) is 2. The third kappa shape index (κ3) is 3.36. The van der Waals surface area contributed by atoms with Crippen LogP contribution in [0.1, 0.15) is 46.1 Å². The molecule has 2 N–H and O–H groups in total. The molecule has 5 nitrogen and oxygen atoms in total. The van der Waals surface area contributed by atoms with Gasteiger partial charge in [0.1, 0.15) is 5.69 Å². The Morgan fingerprint density at radius 1 is 1.20 bits per heavy atom. The molecule has 1 amide bonds. The van der Waals surface area contributed by atoms with Crippen molar-refractivity contribution in [1.29, 1.82) is 0 Å². The highest BCUT2D eigenvalue weighted by atomic mass is 16.2. The summed E-state index contributed by atoms with van der Waals surface area (Å²) in [6.45, 7) is 1.55. The minimum absolute atomic E-state index is 0.0822. The van der Waals surface area contributed by atoms with Gasteiger partial charge in [-0.1, -0.05) is 30.3 Å². The van der Waals surface area contributed by atoms with Crippen LogP contribution in [0.25, 0.3) is 0 Å². The van der Waals surface area contributed by atoms with Crippen LogP contribution in [-0.4, -0.2) is 39.1 Å². The number of carbonyl (C=O) groups excluding carboxylic acids is 1. The molecule has 128 valence electrons. The van der Waals surface area contributed by atoms with Gasteiger partial charge in [-0.2, -0.15) is 5.10 Å². The second-order valence-electron chi connectivity index (χ2n) is 6.65. The number of hydrogen-bond acceptors (Lipinski definition) is 2. The van der Waals surface area contributed by atoms with Gasteiger partial charge in [-0.3, -0.25) is 9.89 Å². The van der Waals surface area contributed by atoms with Crippen LogP contribution >= 0.6 is 0 Å². The Morgan fingerprint density at radius 3 is 2.88 bits per heavy atom. The van der Waals surface area contributed by atoms with E-state index in [1.54, 1.807) is 6.20 Å². The Kier molecular flexibility index (Phi) is 4.37. The van der Waals surface area contributed by atoms with E-state index in [9.17, 15) is 4.79 Å². The number of aromatic nitrogens is 3. The van der Waals surface area contributed by atoms with Crippen molar-refractivity contribution in [3.63, 3.8) is 0 Å². The fourth-order valence-electron chi connectivity index (χ4n) is 3.66. The van der Waals surface area contributed by atoms with Crippen molar-refractivity contribution in [2.75, 3.05) is 13.1 Å². The van der Waals surface area contributed by atoms with Gasteiger partial charge in [-0.05, 0) is 36.1 Å². The number of hydrogen-bond donors (Lipinski definition) is 2. The lowest BCUT2D eigenvalue weighted by Crippen LogP contribution is -2.39. The van der Waals surface area contributed by atoms with Crippen molar-refractivity contribution in [3.8, 4) is 0 Å². The number of rotatable bonds is 4. The molecule has 2 aromatic heterocycles. The van der Waals surface area contributed by atoms with E-state index in [4.69, 9.17) is 0 Å². The van der Waals surface area contributed by atoms with E-state index in [1.165, 1.54) is 16.8 Å². The third-order valence-electron chi connectivity index (χ3n) is 4.93. The summed E-state index contributed by atoms with van der Waals surface area (Å²) in [5.41, 5.74) is 4.34. The number of benzene rings is 1. The van der Waals surface area contributed by atoms with E-state index in [2.05, 4.69) is 39.4 Å². The maximum absolute atomic E-state index is 12.6. The molecule has 5 heteroatoms. The van der Waals surface area contributed by atoms with E-state index in [0.717, 1.165) is 32.4 Å². The molecule has 3 heterocycles. The molecule has 1 aliphatic rings. The summed E-state index contributed by atoms with van der Waals surface area (Å²) >= 11 is 0. The number of amides is 1.